The van der Waals surface area contributed by atoms with E-state index in [0.717, 1.165) is 19.5 Å². The van der Waals surface area contributed by atoms with Crippen molar-refractivity contribution < 1.29 is 9.53 Å². The van der Waals surface area contributed by atoms with E-state index in [1.54, 1.807) is 12.1 Å². The van der Waals surface area contributed by atoms with Gasteiger partial charge in [-0.2, -0.15) is 0 Å². The molecule has 1 aromatic rings. The van der Waals surface area contributed by atoms with Crippen LogP contribution in [0.4, 0.5) is 10.5 Å². The molecule has 104 valence electrons. The number of amides is 1. The van der Waals surface area contributed by atoms with Crippen LogP contribution in [0.25, 0.3) is 0 Å². The Balaban J connectivity index is 1.68. The predicted octanol–water partition coefficient (Wildman–Crippen LogP) is 3.28. The number of hydrogen-bond acceptors (Lipinski definition) is 3. The highest BCUT2D eigenvalue weighted by Gasteiger charge is 2.13. The topological polar surface area (TPSA) is 50.4 Å². The first-order valence-corrected chi connectivity index (χ1v) is 7.02. The van der Waals surface area contributed by atoms with Crippen LogP contribution in [0.3, 0.4) is 0 Å². The molecule has 2 rings (SSSR count). The Morgan fingerprint density at radius 1 is 1.47 bits per heavy atom. The van der Waals surface area contributed by atoms with E-state index in [1.165, 1.54) is 12.8 Å². The van der Waals surface area contributed by atoms with Gasteiger partial charge >= 0.3 is 6.09 Å². The maximum absolute atomic E-state index is 11.6. The van der Waals surface area contributed by atoms with Crippen LogP contribution in [0, 0.1) is 5.92 Å². The normalized spacial score (nSPS) is 18.9. The molecule has 1 fully saturated rings. The number of halogens is 1. The van der Waals surface area contributed by atoms with Crippen LogP contribution in [-0.4, -0.2) is 25.8 Å². The van der Waals surface area contributed by atoms with E-state index in [9.17, 15) is 4.79 Å². The zero-order valence-corrected chi connectivity index (χ0v) is 11.6. The summed E-state index contributed by atoms with van der Waals surface area (Å²) in [6.07, 6.45) is 2.87. The maximum atomic E-state index is 11.6. The second kappa shape index (κ2) is 7.36. The van der Waals surface area contributed by atoms with Gasteiger partial charge in [0, 0.05) is 0 Å². The van der Waals surface area contributed by atoms with Crippen molar-refractivity contribution in [1.82, 2.24) is 5.32 Å². The Hall–Kier alpha value is -1.26. The Morgan fingerprint density at radius 3 is 3.05 bits per heavy atom. The predicted molar refractivity (Wildman–Crippen MR) is 76.6 cm³/mol. The van der Waals surface area contributed by atoms with Crippen LogP contribution in [0.1, 0.15) is 19.3 Å². The van der Waals surface area contributed by atoms with Gasteiger partial charge < -0.3 is 10.1 Å². The Bertz CT molecular complexity index is 420. The third kappa shape index (κ3) is 4.73. The second-order valence-corrected chi connectivity index (χ2v) is 5.15. The molecular weight excluding hydrogens is 264 g/mol. The molecule has 1 aromatic carbocycles. The number of carbonyl (C=O) groups is 1. The van der Waals surface area contributed by atoms with Gasteiger partial charge in [0.2, 0.25) is 0 Å². The van der Waals surface area contributed by atoms with Crippen molar-refractivity contribution in [2.45, 2.75) is 19.3 Å². The summed E-state index contributed by atoms with van der Waals surface area (Å²) in [4.78, 5) is 11.6. The van der Waals surface area contributed by atoms with Crippen LogP contribution in [0.15, 0.2) is 24.3 Å². The highest BCUT2D eigenvalue weighted by molar-refractivity contribution is 6.33. The van der Waals surface area contributed by atoms with E-state index in [2.05, 4.69) is 10.6 Å². The molecule has 1 unspecified atom stereocenters. The van der Waals surface area contributed by atoms with Crippen molar-refractivity contribution in [2.75, 3.05) is 25.0 Å². The van der Waals surface area contributed by atoms with Crippen molar-refractivity contribution >= 4 is 23.4 Å². The van der Waals surface area contributed by atoms with Crippen molar-refractivity contribution in [3.8, 4) is 0 Å². The molecule has 0 radical (unpaired) electrons. The smallest absolute Gasteiger partial charge is 0.411 e. The highest BCUT2D eigenvalue weighted by atomic mass is 35.5. The van der Waals surface area contributed by atoms with Gasteiger partial charge in [-0.3, -0.25) is 5.32 Å². The number of nitrogens with one attached hydrogen (secondary N) is 2. The molecule has 19 heavy (non-hydrogen) atoms. The molecular formula is C14H19ClN2O2. The van der Waals surface area contributed by atoms with Gasteiger partial charge in [-0.1, -0.05) is 23.7 Å². The molecule has 1 aliphatic heterocycles. The number of ether oxygens (including phenoxy) is 1. The number of para-hydroxylation sites is 1. The summed E-state index contributed by atoms with van der Waals surface area (Å²) in [5.41, 5.74) is 0.577. The molecule has 1 heterocycles. The van der Waals surface area contributed by atoms with Gasteiger partial charge in [0.25, 0.3) is 0 Å². The van der Waals surface area contributed by atoms with Crippen molar-refractivity contribution in [1.29, 1.82) is 0 Å². The van der Waals surface area contributed by atoms with E-state index in [1.807, 2.05) is 12.1 Å². The quantitative estimate of drug-likeness (QED) is 0.891. The summed E-state index contributed by atoms with van der Waals surface area (Å²) < 4.78 is 5.17. The molecule has 1 amide bonds. The average Bonchev–Trinajstić information content (AvgIpc) is 2.43. The fourth-order valence-corrected chi connectivity index (χ4v) is 2.38. The van der Waals surface area contributed by atoms with Crippen LogP contribution < -0.4 is 10.6 Å². The number of anilines is 1. The lowest BCUT2D eigenvalue weighted by molar-refractivity contribution is 0.150. The van der Waals surface area contributed by atoms with E-state index >= 15 is 0 Å². The van der Waals surface area contributed by atoms with Gasteiger partial charge in [-0.05, 0) is 50.4 Å². The first kappa shape index (κ1) is 14.2. The summed E-state index contributed by atoms with van der Waals surface area (Å²) in [5.74, 6) is 0.613. The molecule has 2 N–H and O–H groups in total. The second-order valence-electron chi connectivity index (χ2n) is 4.74. The Morgan fingerprint density at radius 2 is 2.32 bits per heavy atom. The fourth-order valence-electron chi connectivity index (χ4n) is 2.20. The highest BCUT2D eigenvalue weighted by Crippen LogP contribution is 2.20. The molecule has 1 atom stereocenters. The van der Waals surface area contributed by atoms with Crippen LogP contribution >= 0.6 is 11.6 Å². The minimum Gasteiger partial charge on any atom is -0.449 e. The van der Waals surface area contributed by atoms with E-state index in [4.69, 9.17) is 16.3 Å². The third-order valence-electron chi connectivity index (χ3n) is 3.27. The molecule has 0 spiro atoms. The standard InChI is InChI=1S/C14H19ClN2O2/c15-12-5-1-2-6-13(12)17-14(18)19-9-7-11-4-3-8-16-10-11/h1-2,5-6,11,16H,3-4,7-10H2,(H,17,18). The SMILES string of the molecule is O=C(Nc1ccccc1Cl)OCCC1CCCNC1. The van der Waals surface area contributed by atoms with E-state index in [0.29, 0.717) is 23.2 Å². The molecule has 4 nitrogen and oxygen atoms in total. The molecule has 5 heteroatoms. The number of rotatable bonds is 4. The Kier molecular flexibility index (Phi) is 5.48. The summed E-state index contributed by atoms with van der Waals surface area (Å²) in [7, 11) is 0. The first-order valence-electron chi connectivity index (χ1n) is 6.65. The summed E-state index contributed by atoms with van der Waals surface area (Å²) in [6, 6.07) is 7.10. The summed E-state index contributed by atoms with van der Waals surface area (Å²) in [6.45, 7) is 2.57. The van der Waals surface area contributed by atoms with Crippen molar-refractivity contribution in [3.63, 3.8) is 0 Å². The van der Waals surface area contributed by atoms with E-state index in [-0.39, 0.29) is 0 Å². The minimum absolute atomic E-state index is 0.447. The number of piperidine rings is 1. The number of carbonyl (C=O) groups excluding carboxylic acids is 1. The average molecular weight is 283 g/mol. The molecule has 0 saturated carbocycles. The van der Waals surface area contributed by atoms with Crippen LogP contribution in [0.2, 0.25) is 5.02 Å². The lowest BCUT2D eigenvalue weighted by Crippen LogP contribution is -2.30. The Labute approximate surface area is 118 Å². The number of benzene rings is 1. The van der Waals surface area contributed by atoms with Gasteiger partial charge in [0.1, 0.15) is 0 Å². The molecule has 1 aliphatic rings. The minimum atomic E-state index is -0.447. The number of hydrogen-bond donors (Lipinski definition) is 2. The molecule has 0 aromatic heterocycles. The summed E-state index contributed by atoms with van der Waals surface area (Å²) in [5, 5.41) is 6.50. The van der Waals surface area contributed by atoms with E-state index < -0.39 is 6.09 Å². The zero-order valence-electron chi connectivity index (χ0n) is 10.8. The molecule has 1 saturated heterocycles. The van der Waals surface area contributed by atoms with Gasteiger partial charge in [-0.25, -0.2) is 4.79 Å². The third-order valence-corrected chi connectivity index (χ3v) is 3.60. The molecule has 0 aliphatic carbocycles. The monoisotopic (exact) mass is 282 g/mol. The lowest BCUT2D eigenvalue weighted by atomic mass is 9.97. The van der Waals surface area contributed by atoms with Gasteiger partial charge in [0.15, 0.2) is 0 Å². The molecule has 0 bridgehead atoms. The van der Waals surface area contributed by atoms with Crippen LogP contribution in [0.5, 0.6) is 0 Å². The fraction of sp³-hybridized carbons (Fsp3) is 0.500. The summed E-state index contributed by atoms with van der Waals surface area (Å²) >= 11 is 5.95. The van der Waals surface area contributed by atoms with Crippen molar-refractivity contribution in [2.24, 2.45) is 5.92 Å². The van der Waals surface area contributed by atoms with Crippen molar-refractivity contribution in [3.05, 3.63) is 29.3 Å². The van der Waals surface area contributed by atoms with Gasteiger partial charge in [-0.15, -0.1) is 0 Å². The van der Waals surface area contributed by atoms with Gasteiger partial charge in [0.05, 0.1) is 17.3 Å². The van der Waals surface area contributed by atoms with Crippen LogP contribution in [-0.2, 0) is 4.74 Å². The zero-order chi connectivity index (χ0) is 13.5. The maximum Gasteiger partial charge on any atom is 0.411 e. The lowest BCUT2D eigenvalue weighted by Gasteiger charge is -2.22. The largest absolute Gasteiger partial charge is 0.449 e. The first-order chi connectivity index (χ1) is 9.25.